The number of fused-ring (bicyclic) bond motifs is 1. The van der Waals surface area contributed by atoms with Crippen molar-refractivity contribution in [3.8, 4) is 0 Å². The van der Waals surface area contributed by atoms with Crippen LogP contribution in [-0.2, 0) is 13.0 Å². The lowest BCUT2D eigenvalue weighted by Crippen LogP contribution is -2.31. The average molecular weight is 307 g/mol. The van der Waals surface area contributed by atoms with Crippen LogP contribution in [0, 0.1) is 5.95 Å². The number of benzene rings is 1. The van der Waals surface area contributed by atoms with E-state index < -0.39 is 5.95 Å². The summed E-state index contributed by atoms with van der Waals surface area (Å²) in [5.41, 5.74) is 2.63. The van der Waals surface area contributed by atoms with Crippen molar-refractivity contribution < 1.29 is 4.39 Å². The largest absolute Gasteiger partial charge is 0.352 e. The van der Waals surface area contributed by atoms with Gasteiger partial charge in [0.25, 0.3) is 0 Å². The van der Waals surface area contributed by atoms with E-state index in [-0.39, 0.29) is 0 Å². The van der Waals surface area contributed by atoms with Crippen LogP contribution >= 0.6 is 15.9 Å². The molecule has 0 atom stereocenters. The van der Waals surface area contributed by atoms with E-state index in [9.17, 15) is 4.39 Å². The Morgan fingerprint density at radius 3 is 2.83 bits per heavy atom. The molecule has 0 N–H and O–H groups in total. The Bertz CT molecular complexity index is 586. The highest BCUT2D eigenvalue weighted by Crippen LogP contribution is 2.28. The molecule has 1 aromatic carbocycles. The fraction of sp³-hybridized carbons (Fsp3) is 0.214. The number of hydrogen-bond donors (Lipinski definition) is 0. The Morgan fingerprint density at radius 2 is 2.00 bits per heavy atom. The lowest BCUT2D eigenvalue weighted by atomic mass is 10.00. The Kier molecular flexibility index (Phi) is 3.04. The molecule has 0 bridgehead atoms. The molecule has 0 spiro atoms. The smallest absolute Gasteiger partial charge is 0.214 e. The quantitative estimate of drug-likeness (QED) is 0.749. The van der Waals surface area contributed by atoms with E-state index >= 15 is 0 Å². The second-order valence-corrected chi connectivity index (χ2v) is 5.22. The molecule has 3 rings (SSSR count). The van der Waals surface area contributed by atoms with Crippen LogP contribution in [-0.4, -0.2) is 11.5 Å². The number of hydrogen-bond acceptors (Lipinski definition) is 2. The first-order valence-electron chi connectivity index (χ1n) is 5.88. The van der Waals surface area contributed by atoms with E-state index in [1.165, 1.54) is 17.2 Å². The molecular weight excluding hydrogens is 295 g/mol. The number of halogens is 2. The molecule has 0 saturated carbocycles. The molecule has 2 aromatic rings. The summed E-state index contributed by atoms with van der Waals surface area (Å²) in [5.74, 6) is 0.279. The highest BCUT2D eigenvalue weighted by molar-refractivity contribution is 9.10. The van der Waals surface area contributed by atoms with Crippen molar-refractivity contribution in [3.05, 3.63) is 57.9 Å². The van der Waals surface area contributed by atoms with Gasteiger partial charge in [-0.25, -0.2) is 4.98 Å². The maximum atomic E-state index is 13.2. The molecule has 4 heteroatoms. The van der Waals surface area contributed by atoms with Crippen LogP contribution in [0.5, 0.6) is 0 Å². The van der Waals surface area contributed by atoms with Gasteiger partial charge >= 0.3 is 0 Å². The zero-order chi connectivity index (χ0) is 12.5. The minimum absolute atomic E-state index is 0.426. The highest BCUT2D eigenvalue weighted by Gasteiger charge is 2.19. The Morgan fingerprint density at radius 1 is 1.17 bits per heavy atom. The van der Waals surface area contributed by atoms with Gasteiger partial charge in [-0.05, 0) is 35.7 Å². The molecule has 1 aromatic heterocycles. The number of pyridine rings is 1. The second kappa shape index (κ2) is 4.69. The predicted octanol–water partition coefficient (Wildman–Crippen LogP) is 3.55. The van der Waals surface area contributed by atoms with Crippen LogP contribution < -0.4 is 4.90 Å². The molecule has 18 heavy (non-hydrogen) atoms. The van der Waals surface area contributed by atoms with E-state index in [0.29, 0.717) is 5.82 Å². The molecule has 0 unspecified atom stereocenters. The first-order valence-corrected chi connectivity index (χ1v) is 6.67. The third kappa shape index (κ3) is 2.12. The van der Waals surface area contributed by atoms with Gasteiger partial charge in [0.2, 0.25) is 5.95 Å². The van der Waals surface area contributed by atoms with Gasteiger partial charge in [-0.2, -0.15) is 4.39 Å². The summed E-state index contributed by atoms with van der Waals surface area (Å²) in [6, 6.07) is 11.2. The fourth-order valence-corrected chi connectivity index (χ4v) is 2.84. The Balaban J connectivity index is 1.93. The van der Waals surface area contributed by atoms with Gasteiger partial charge in [0.1, 0.15) is 5.82 Å². The molecule has 2 heterocycles. The van der Waals surface area contributed by atoms with Gasteiger partial charge < -0.3 is 4.90 Å². The minimum atomic E-state index is -0.426. The molecule has 1 aliphatic rings. The second-order valence-electron chi connectivity index (χ2n) is 4.37. The van der Waals surface area contributed by atoms with E-state index in [4.69, 9.17) is 0 Å². The van der Waals surface area contributed by atoms with Gasteiger partial charge in [-0.15, -0.1) is 0 Å². The molecule has 0 radical (unpaired) electrons. The van der Waals surface area contributed by atoms with Crippen molar-refractivity contribution >= 4 is 21.7 Å². The van der Waals surface area contributed by atoms with Gasteiger partial charge in [0.05, 0.1) is 0 Å². The van der Waals surface area contributed by atoms with Gasteiger partial charge in [0, 0.05) is 17.6 Å². The molecular formula is C14H12BrFN2. The van der Waals surface area contributed by atoms with E-state index in [1.807, 2.05) is 12.1 Å². The summed E-state index contributed by atoms with van der Waals surface area (Å²) in [7, 11) is 0. The SMILES string of the molecule is Fc1cccc(N2CCc3cccc(Br)c3C2)n1. The van der Waals surface area contributed by atoms with Crippen molar-refractivity contribution in [1.29, 1.82) is 0 Å². The molecule has 92 valence electrons. The summed E-state index contributed by atoms with van der Waals surface area (Å²) in [6.07, 6.45) is 0.965. The molecule has 0 fully saturated rings. The summed E-state index contributed by atoms with van der Waals surface area (Å²) in [5, 5.41) is 0. The number of rotatable bonds is 1. The monoisotopic (exact) mass is 306 g/mol. The summed E-state index contributed by atoms with van der Waals surface area (Å²) in [6.45, 7) is 1.65. The minimum Gasteiger partial charge on any atom is -0.352 e. The predicted molar refractivity (Wildman–Crippen MR) is 73.1 cm³/mol. The van der Waals surface area contributed by atoms with Crippen LogP contribution in [0.1, 0.15) is 11.1 Å². The molecule has 0 amide bonds. The van der Waals surface area contributed by atoms with E-state index in [1.54, 1.807) is 6.07 Å². The first-order chi connectivity index (χ1) is 8.74. The van der Waals surface area contributed by atoms with Crippen molar-refractivity contribution in [2.75, 3.05) is 11.4 Å². The lowest BCUT2D eigenvalue weighted by Gasteiger charge is -2.30. The molecule has 0 aliphatic carbocycles. The maximum Gasteiger partial charge on any atom is 0.214 e. The van der Waals surface area contributed by atoms with E-state index in [2.05, 4.69) is 37.9 Å². The van der Waals surface area contributed by atoms with Crippen LogP contribution in [0.3, 0.4) is 0 Å². The number of aromatic nitrogens is 1. The van der Waals surface area contributed by atoms with Crippen molar-refractivity contribution in [3.63, 3.8) is 0 Å². The highest BCUT2D eigenvalue weighted by atomic mass is 79.9. The van der Waals surface area contributed by atoms with Gasteiger partial charge in [-0.1, -0.05) is 34.1 Å². The standard InChI is InChI=1S/C14H12BrFN2/c15-12-4-1-3-10-7-8-18(9-11(10)12)14-6-2-5-13(16)17-14/h1-6H,7-9H2. The molecule has 0 saturated heterocycles. The van der Waals surface area contributed by atoms with Crippen LogP contribution in [0.2, 0.25) is 0 Å². The Hall–Kier alpha value is -1.42. The Labute approximate surface area is 114 Å². The summed E-state index contributed by atoms with van der Waals surface area (Å²) < 4.78 is 14.3. The third-order valence-electron chi connectivity index (χ3n) is 3.24. The third-order valence-corrected chi connectivity index (χ3v) is 3.98. The number of nitrogens with zero attached hydrogens (tertiary/aromatic N) is 2. The first kappa shape index (κ1) is 11.7. The lowest BCUT2D eigenvalue weighted by molar-refractivity contribution is 0.578. The topological polar surface area (TPSA) is 16.1 Å². The van der Waals surface area contributed by atoms with Crippen LogP contribution in [0.25, 0.3) is 0 Å². The van der Waals surface area contributed by atoms with Crippen LogP contribution in [0.4, 0.5) is 10.2 Å². The number of anilines is 1. The van der Waals surface area contributed by atoms with Crippen LogP contribution in [0.15, 0.2) is 40.9 Å². The molecule has 1 aliphatic heterocycles. The summed E-state index contributed by atoms with van der Waals surface area (Å²) in [4.78, 5) is 6.05. The van der Waals surface area contributed by atoms with Crippen molar-refractivity contribution in [2.24, 2.45) is 0 Å². The molecule has 2 nitrogen and oxygen atoms in total. The van der Waals surface area contributed by atoms with Gasteiger partial charge in [-0.3, -0.25) is 0 Å². The fourth-order valence-electron chi connectivity index (χ4n) is 2.31. The average Bonchev–Trinajstić information content (AvgIpc) is 2.39. The maximum absolute atomic E-state index is 13.2. The zero-order valence-electron chi connectivity index (χ0n) is 9.74. The summed E-state index contributed by atoms with van der Waals surface area (Å²) >= 11 is 3.58. The van der Waals surface area contributed by atoms with Gasteiger partial charge in [0.15, 0.2) is 0 Å². The zero-order valence-corrected chi connectivity index (χ0v) is 11.3. The van der Waals surface area contributed by atoms with Crippen molar-refractivity contribution in [2.45, 2.75) is 13.0 Å². The van der Waals surface area contributed by atoms with Crippen molar-refractivity contribution in [1.82, 2.24) is 4.98 Å². The van der Waals surface area contributed by atoms with E-state index in [0.717, 1.165) is 24.0 Å². The normalized spacial score (nSPS) is 14.4.